The van der Waals surface area contributed by atoms with E-state index in [1.54, 1.807) is 12.3 Å². The minimum absolute atomic E-state index is 0.0178. The Kier molecular flexibility index (Phi) is 5.22. The van der Waals surface area contributed by atoms with Gasteiger partial charge in [0.2, 0.25) is 10.0 Å². The smallest absolute Gasteiger partial charge is 0.244 e. The van der Waals surface area contributed by atoms with E-state index in [2.05, 4.69) is 28.9 Å². The van der Waals surface area contributed by atoms with Gasteiger partial charge in [0, 0.05) is 25.0 Å². The van der Waals surface area contributed by atoms with Crippen LogP contribution in [0.25, 0.3) is 0 Å². The van der Waals surface area contributed by atoms with E-state index in [1.807, 2.05) is 6.92 Å². The van der Waals surface area contributed by atoms with E-state index in [1.165, 1.54) is 6.20 Å². The largest absolute Gasteiger partial charge is 0.384 e. The Bertz CT molecular complexity index is 574. The first-order valence-corrected chi connectivity index (χ1v) is 9.14. The normalized spacial score (nSPS) is 26.0. The first kappa shape index (κ1) is 16.2. The van der Waals surface area contributed by atoms with Crippen molar-refractivity contribution in [1.29, 1.82) is 0 Å². The van der Waals surface area contributed by atoms with Crippen LogP contribution in [0.3, 0.4) is 0 Å². The average Bonchev–Trinajstić information content (AvgIpc) is 2.77. The van der Waals surface area contributed by atoms with Crippen LogP contribution in [0, 0.1) is 11.8 Å². The van der Waals surface area contributed by atoms with E-state index in [9.17, 15) is 8.42 Å². The van der Waals surface area contributed by atoms with Crippen LogP contribution >= 0.6 is 0 Å². The third kappa shape index (κ3) is 3.74. The third-order valence-corrected chi connectivity index (χ3v) is 5.93. The molecule has 0 spiro atoms. The lowest BCUT2D eigenvalue weighted by atomic mass is 9.98. The topological polar surface area (TPSA) is 71.1 Å². The van der Waals surface area contributed by atoms with E-state index in [4.69, 9.17) is 0 Å². The molecule has 1 aliphatic carbocycles. The number of rotatable bonds is 6. The van der Waals surface area contributed by atoms with Crippen molar-refractivity contribution < 1.29 is 8.42 Å². The summed E-state index contributed by atoms with van der Waals surface area (Å²) >= 11 is 0. The van der Waals surface area contributed by atoms with Crippen LogP contribution in [0.4, 0.5) is 5.69 Å². The minimum Gasteiger partial charge on any atom is -0.384 e. The number of nitrogens with one attached hydrogen (secondary N) is 2. The Hall–Kier alpha value is -1.14. The lowest BCUT2D eigenvalue weighted by Gasteiger charge is -2.20. The summed E-state index contributed by atoms with van der Waals surface area (Å²) in [6.07, 6.45) is 5.94. The number of nitrogens with zero attached hydrogens (tertiary/aromatic N) is 1. The zero-order valence-electron chi connectivity index (χ0n) is 13.0. The highest BCUT2D eigenvalue weighted by Crippen LogP contribution is 2.32. The van der Waals surface area contributed by atoms with Gasteiger partial charge in [-0.2, -0.15) is 0 Å². The van der Waals surface area contributed by atoms with Gasteiger partial charge in [0.1, 0.15) is 4.90 Å². The van der Waals surface area contributed by atoms with Gasteiger partial charge >= 0.3 is 0 Å². The molecule has 1 heterocycles. The second kappa shape index (κ2) is 6.75. The number of pyridine rings is 1. The van der Waals surface area contributed by atoms with Crippen molar-refractivity contribution in [1.82, 2.24) is 9.71 Å². The second-order valence-electron chi connectivity index (χ2n) is 5.94. The van der Waals surface area contributed by atoms with E-state index >= 15 is 0 Å². The van der Waals surface area contributed by atoms with Crippen LogP contribution in [-0.2, 0) is 10.0 Å². The maximum Gasteiger partial charge on any atom is 0.244 e. The summed E-state index contributed by atoms with van der Waals surface area (Å²) in [5.41, 5.74) is 0.623. The summed E-state index contributed by atoms with van der Waals surface area (Å²) in [4.78, 5) is 4.21. The molecule has 2 N–H and O–H groups in total. The second-order valence-corrected chi connectivity index (χ2v) is 7.62. The zero-order valence-corrected chi connectivity index (χ0v) is 13.8. The monoisotopic (exact) mass is 311 g/mol. The molecule has 1 aromatic rings. The SMILES string of the molecule is CCCNc1ccncc1S(=O)(=O)NC1CCC(C)C1C. The molecule has 1 aromatic heterocycles. The molecule has 1 aliphatic rings. The van der Waals surface area contributed by atoms with E-state index in [0.717, 1.165) is 25.8 Å². The molecule has 118 valence electrons. The van der Waals surface area contributed by atoms with Gasteiger partial charge in [-0.15, -0.1) is 0 Å². The van der Waals surface area contributed by atoms with Gasteiger partial charge in [0.05, 0.1) is 5.69 Å². The summed E-state index contributed by atoms with van der Waals surface area (Å²) in [5, 5.41) is 3.15. The van der Waals surface area contributed by atoms with Crippen LogP contribution in [0.15, 0.2) is 23.4 Å². The summed E-state index contributed by atoms with van der Waals surface area (Å²) < 4.78 is 28.1. The van der Waals surface area contributed by atoms with Gasteiger partial charge in [-0.1, -0.05) is 20.8 Å². The average molecular weight is 311 g/mol. The summed E-state index contributed by atoms with van der Waals surface area (Å²) in [6.45, 7) is 7.08. The number of hydrogen-bond acceptors (Lipinski definition) is 4. The Morgan fingerprint density at radius 2 is 2.10 bits per heavy atom. The molecule has 21 heavy (non-hydrogen) atoms. The molecule has 0 aromatic carbocycles. The van der Waals surface area contributed by atoms with Crippen molar-refractivity contribution in [2.24, 2.45) is 11.8 Å². The maximum atomic E-state index is 12.6. The first-order chi connectivity index (χ1) is 9.95. The number of aromatic nitrogens is 1. The molecule has 3 unspecified atom stereocenters. The Morgan fingerprint density at radius 3 is 2.71 bits per heavy atom. The predicted octanol–water partition coefficient (Wildman–Crippen LogP) is 2.62. The fourth-order valence-corrected chi connectivity index (χ4v) is 4.28. The summed E-state index contributed by atoms with van der Waals surface area (Å²) in [6, 6.07) is 1.73. The fourth-order valence-electron chi connectivity index (χ4n) is 2.79. The van der Waals surface area contributed by atoms with Gasteiger partial charge in [-0.3, -0.25) is 4.98 Å². The van der Waals surface area contributed by atoms with Crippen LogP contribution < -0.4 is 10.0 Å². The summed E-state index contributed by atoms with van der Waals surface area (Å²) in [5.74, 6) is 0.924. The van der Waals surface area contributed by atoms with E-state index < -0.39 is 10.0 Å². The number of anilines is 1. The molecule has 0 saturated heterocycles. The third-order valence-electron chi connectivity index (χ3n) is 4.41. The Morgan fingerprint density at radius 1 is 1.33 bits per heavy atom. The molecule has 3 atom stereocenters. The van der Waals surface area contributed by atoms with Gasteiger partial charge in [0.15, 0.2) is 0 Å². The molecule has 1 fully saturated rings. The fraction of sp³-hybridized carbons (Fsp3) is 0.667. The van der Waals surface area contributed by atoms with Gasteiger partial charge in [-0.05, 0) is 37.2 Å². The van der Waals surface area contributed by atoms with Crippen molar-refractivity contribution in [2.45, 2.75) is 51.0 Å². The van der Waals surface area contributed by atoms with Crippen LogP contribution in [0.2, 0.25) is 0 Å². The van der Waals surface area contributed by atoms with Gasteiger partial charge < -0.3 is 5.32 Å². The minimum atomic E-state index is -3.54. The van der Waals surface area contributed by atoms with Crippen LogP contribution in [0.5, 0.6) is 0 Å². The highest BCUT2D eigenvalue weighted by molar-refractivity contribution is 7.89. The Labute approximate surface area is 127 Å². The predicted molar refractivity (Wildman–Crippen MR) is 84.7 cm³/mol. The molecule has 0 bridgehead atoms. The highest BCUT2D eigenvalue weighted by atomic mass is 32.2. The standard InChI is InChI=1S/C15H25N3O2S/c1-4-8-17-14-7-9-16-10-15(14)21(19,20)18-13-6-5-11(2)12(13)3/h7,9-13,18H,4-6,8H2,1-3H3,(H,16,17). The van der Waals surface area contributed by atoms with Crippen molar-refractivity contribution in [3.8, 4) is 0 Å². The van der Waals surface area contributed by atoms with Crippen LogP contribution in [0.1, 0.15) is 40.0 Å². The molecule has 6 heteroatoms. The Balaban J connectivity index is 2.20. The number of sulfonamides is 1. The quantitative estimate of drug-likeness (QED) is 0.847. The van der Waals surface area contributed by atoms with Crippen LogP contribution in [-0.4, -0.2) is 26.0 Å². The summed E-state index contributed by atoms with van der Waals surface area (Å²) in [7, 11) is -3.54. The molecule has 0 aliphatic heterocycles. The van der Waals surface area contributed by atoms with Gasteiger partial charge in [0.25, 0.3) is 0 Å². The molecule has 1 saturated carbocycles. The molecule has 0 amide bonds. The lowest BCUT2D eigenvalue weighted by molar-refractivity contribution is 0.402. The molecular formula is C15H25N3O2S. The zero-order chi connectivity index (χ0) is 15.5. The van der Waals surface area contributed by atoms with Gasteiger partial charge in [-0.25, -0.2) is 13.1 Å². The molecule has 2 rings (SSSR count). The van der Waals surface area contributed by atoms with Crippen molar-refractivity contribution in [2.75, 3.05) is 11.9 Å². The first-order valence-electron chi connectivity index (χ1n) is 7.66. The molecule has 5 nitrogen and oxygen atoms in total. The van der Waals surface area contributed by atoms with Crippen molar-refractivity contribution in [3.05, 3.63) is 18.5 Å². The van der Waals surface area contributed by atoms with Crippen molar-refractivity contribution >= 4 is 15.7 Å². The van der Waals surface area contributed by atoms with E-state index in [-0.39, 0.29) is 10.9 Å². The number of hydrogen-bond donors (Lipinski definition) is 2. The van der Waals surface area contributed by atoms with Crippen molar-refractivity contribution in [3.63, 3.8) is 0 Å². The van der Waals surface area contributed by atoms with E-state index in [0.29, 0.717) is 17.5 Å². The maximum absolute atomic E-state index is 12.6. The molecule has 0 radical (unpaired) electrons. The lowest BCUT2D eigenvalue weighted by Crippen LogP contribution is -2.37. The molecular weight excluding hydrogens is 286 g/mol. The highest BCUT2D eigenvalue weighted by Gasteiger charge is 2.33.